The van der Waals surface area contributed by atoms with E-state index in [1.165, 1.54) is 16.7 Å². The summed E-state index contributed by atoms with van der Waals surface area (Å²) < 4.78 is 11.1. The summed E-state index contributed by atoms with van der Waals surface area (Å²) in [4.78, 5) is 38.2. The van der Waals surface area contributed by atoms with Crippen LogP contribution in [0.3, 0.4) is 0 Å². The lowest BCUT2D eigenvalue weighted by Gasteiger charge is -2.44. The number of aliphatic carboxylic acids is 1. The summed E-state index contributed by atoms with van der Waals surface area (Å²) in [6.45, 7) is 0. The Morgan fingerprint density at radius 3 is 2.56 bits per heavy atom. The van der Waals surface area contributed by atoms with Crippen molar-refractivity contribution in [2.45, 2.75) is 41.5 Å². The fourth-order valence-corrected chi connectivity index (χ4v) is 7.69. The Kier molecular flexibility index (Phi) is 4.75. The molecule has 27 heavy (non-hydrogen) atoms. The van der Waals surface area contributed by atoms with Crippen molar-refractivity contribution in [2.75, 3.05) is 11.5 Å². The van der Waals surface area contributed by atoms with Crippen molar-refractivity contribution in [3.8, 4) is 0 Å². The number of carbonyl (C=O) groups excluding carboxylic acids is 2. The molecule has 4 rings (SSSR count). The predicted octanol–water partition coefficient (Wildman–Crippen LogP) is 0.364. The number of hydrogen-bond acceptors (Lipinski definition) is 5. The first-order valence-corrected chi connectivity index (χ1v) is 11.2. The summed E-state index contributed by atoms with van der Waals surface area (Å²) in [5, 5.41) is 12.1. The Bertz CT molecular complexity index is 805. The Hall–Kier alpha value is -1.87. The minimum atomic E-state index is -1.03. The third kappa shape index (κ3) is 3.16. The number of nitrogens with zero attached hydrogens (tertiary/aromatic N) is 1. The number of carboxylic acids is 1. The van der Waals surface area contributed by atoms with Crippen LogP contribution in [0.25, 0.3) is 0 Å². The van der Waals surface area contributed by atoms with Crippen LogP contribution in [0.5, 0.6) is 0 Å². The minimum absolute atomic E-state index is 0.175. The van der Waals surface area contributed by atoms with Crippen LogP contribution in [0.2, 0.25) is 0 Å². The van der Waals surface area contributed by atoms with E-state index in [1.807, 2.05) is 30.3 Å². The SMILES string of the molecule is O=C(Cc1ccccc1)NC1C(=O)N2C(C(=O)O)C3(CCS(=O)CC3)S[C@@H]12. The van der Waals surface area contributed by atoms with Gasteiger partial charge in [0.15, 0.2) is 0 Å². The van der Waals surface area contributed by atoms with Gasteiger partial charge in [-0.05, 0) is 18.4 Å². The molecule has 0 bridgehead atoms. The van der Waals surface area contributed by atoms with Gasteiger partial charge >= 0.3 is 5.97 Å². The van der Waals surface area contributed by atoms with Crippen molar-refractivity contribution in [2.24, 2.45) is 0 Å². The van der Waals surface area contributed by atoms with Crippen LogP contribution < -0.4 is 5.32 Å². The largest absolute Gasteiger partial charge is 0.480 e. The van der Waals surface area contributed by atoms with E-state index >= 15 is 0 Å². The molecule has 0 radical (unpaired) electrons. The normalized spacial score (nSPS) is 34.8. The summed E-state index contributed by atoms with van der Waals surface area (Å²) in [5.74, 6) is -0.713. The summed E-state index contributed by atoms with van der Waals surface area (Å²) >= 11 is 1.46. The number of carboxylic acid groups (broad SMARTS) is 1. The quantitative estimate of drug-likeness (QED) is 0.698. The van der Waals surface area contributed by atoms with Gasteiger partial charge in [0.25, 0.3) is 0 Å². The molecule has 0 aromatic heterocycles. The molecule has 9 heteroatoms. The van der Waals surface area contributed by atoms with Gasteiger partial charge in [0.2, 0.25) is 11.8 Å². The minimum Gasteiger partial charge on any atom is -0.480 e. The fraction of sp³-hybridized carbons (Fsp3) is 0.500. The molecule has 1 spiro atoms. The highest BCUT2D eigenvalue weighted by molar-refractivity contribution is 8.02. The van der Waals surface area contributed by atoms with E-state index in [2.05, 4.69) is 5.32 Å². The lowest BCUT2D eigenvalue weighted by Crippen LogP contribution is -2.71. The zero-order chi connectivity index (χ0) is 19.2. The number of hydrogen-bond donors (Lipinski definition) is 2. The second kappa shape index (κ2) is 6.94. The molecule has 2 amide bonds. The summed E-state index contributed by atoms with van der Waals surface area (Å²) in [5.41, 5.74) is 0.854. The number of carbonyl (C=O) groups is 3. The first-order chi connectivity index (χ1) is 12.9. The number of benzene rings is 1. The fourth-order valence-electron chi connectivity index (χ4n) is 4.12. The van der Waals surface area contributed by atoms with Gasteiger partial charge in [-0.25, -0.2) is 4.79 Å². The van der Waals surface area contributed by atoms with Crippen LogP contribution >= 0.6 is 11.8 Å². The van der Waals surface area contributed by atoms with Crippen LogP contribution in [0, 0.1) is 0 Å². The second-order valence-corrected chi connectivity index (χ2v) is 10.3. The van der Waals surface area contributed by atoms with Gasteiger partial charge in [0.05, 0.1) is 11.2 Å². The summed E-state index contributed by atoms with van der Waals surface area (Å²) in [6, 6.07) is 7.64. The van der Waals surface area contributed by atoms with Gasteiger partial charge in [-0.15, -0.1) is 11.8 Å². The highest BCUT2D eigenvalue weighted by Crippen LogP contribution is 2.55. The van der Waals surface area contributed by atoms with Crippen molar-refractivity contribution in [1.29, 1.82) is 0 Å². The topological polar surface area (TPSA) is 104 Å². The molecule has 3 aliphatic rings. The lowest BCUT2D eigenvalue weighted by atomic mass is 9.88. The molecular formula is C18H20N2O5S2. The molecule has 144 valence electrons. The molecule has 3 atom stereocenters. The third-order valence-corrected chi connectivity index (χ3v) is 8.64. The number of amides is 2. The Labute approximate surface area is 163 Å². The zero-order valence-electron chi connectivity index (χ0n) is 14.5. The van der Waals surface area contributed by atoms with E-state index in [-0.39, 0.29) is 23.6 Å². The standard InChI is InChI=1S/C18H20N2O5S2/c21-12(10-11-4-2-1-3-5-11)19-13-15(22)20-14(17(23)24)18(26-16(13)20)6-8-27(25)9-7-18/h1-5,13-14,16H,6-10H2,(H,19,21)(H,23,24)/t13?,14?,16-,18?,27?/m0/s1. The van der Waals surface area contributed by atoms with Crippen molar-refractivity contribution in [3.05, 3.63) is 35.9 Å². The summed E-state index contributed by atoms with van der Waals surface area (Å²) in [6.07, 6.45) is 1.19. The second-order valence-electron chi connectivity index (χ2n) is 7.12. The average Bonchev–Trinajstić information content (AvgIpc) is 2.95. The number of rotatable bonds is 4. The van der Waals surface area contributed by atoms with E-state index < -0.39 is 33.6 Å². The molecule has 2 N–H and O–H groups in total. The maximum absolute atomic E-state index is 12.6. The van der Waals surface area contributed by atoms with Crippen LogP contribution in [-0.2, 0) is 31.6 Å². The lowest BCUT2D eigenvalue weighted by molar-refractivity contribution is -0.161. The van der Waals surface area contributed by atoms with E-state index in [0.717, 1.165) is 5.56 Å². The third-order valence-electron chi connectivity index (χ3n) is 5.48. The Morgan fingerprint density at radius 1 is 1.26 bits per heavy atom. The molecule has 7 nitrogen and oxygen atoms in total. The van der Waals surface area contributed by atoms with E-state index in [0.29, 0.717) is 24.3 Å². The number of β-lactam (4-membered cyclic amide) rings is 1. The smallest absolute Gasteiger partial charge is 0.327 e. The monoisotopic (exact) mass is 408 g/mol. The molecule has 1 aromatic rings. The van der Waals surface area contributed by atoms with Crippen LogP contribution in [0.15, 0.2) is 30.3 Å². The van der Waals surface area contributed by atoms with Crippen molar-refractivity contribution in [3.63, 3.8) is 0 Å². The predicted molar refractivity (Wildman–Crippen MR) is 102 cm³/mol. The van der Waals surface area contributed by atoms with Gasteiger partial charge in [-0.3, -0.25) is 13.8 Å². The zero-order valence-corrected chi connectivity index (χ0v) is 16.1. The average molecular weight is 409 g/mol. The van der Waals surface area contributed by atoms with Crippen LogP contribution in [0.1, 0.15) is 18.4 Å². The van der Waals surface area contributed by atoms with Crippen molar-refractivity contribution < 1.29 is 23.7 Å². The molecule has 1 aromatic carbocycles. The van der Waals surface area contributed by atoms with E-state index in [9.17, 15) is 23.7 Å². The highest BCUT2D eigenvalue weighted by Gasteiger charge is 2.67. The van der Waals surface area contributed by atoms with Gasteiger partial charge in [-0.1, -0.05) is 30.3 Å². The van der Waals surface area contributed by atoms with Gasteiger partial charge in [-0.2, -0.15) is 0 Å². The van der Waals surface area contributed by atoms with Crippen molar-refractivity contribution >= 4 is 40.3 Å². The van der Waals surface area contributed by atoms with Gasteiger partial charge in [0.1, 0.15) is 17.5 Å². The first kappa shape index (κ1) is 18.5. The molecular weight excluding hydrogens is 388 g/mol. The van der Waals surface area contributed by atoms with Crippen LogP contribution in [0.4, 0.5) is 0 Å². The number of fused-ring (bicyclic) bond motifs is 1. The molecule has 3 saturated heterocycles. The van der Waals surface area contributed by atoms with E-state index in [1.54, 1.807) is 0 Å². The van der Waals surface area contributed by atoms with Crippen LogP contribution in [-0.4, -0.2) is 65.7 Å². The maximum atomic E-state index is 12.6. The molecule has 3 aliphatic heterocycles. The number of nitrogens with one attached hydrogen (secondary N) is 1. The molecule has 2 unspecified atom stereocenters. The Morgan fingerprint density at radius 2 is 1.93 bits per heavy atom. The molecule has 3 fully saturated rings. The number of thioether (sulfide) groups is 1. The van der Waals surface area contributed by atoms with Gasteiger partial charge < -0.3 is 15.3 Å². The van der Waals surface area contributed by atoms with Crippen molar-refractivity contribution in [1.82, 2.24) is 10.2 Å². The Balaban J connectivity index is 1.48. The van der Waals surface area contributed by atoms with Gasteiger partial charge in [0, 0.05) is 22.3 Å². The molecule has 0 saturated carbocycles. The highest BCUT2D eigenvalue weighted by atomic mass is 32.2. The first-order valence-electron chi connectivity index (χ1n) is 8.82. The van der Waals surface area contributed by atoms with E-state index in [4.69, 9.17) is 0 Å². The summed E-state index contributed by atoms with van der Waals surface area (Å²) in [7, 11) is -0.921. The molecule has 0 aliphatic carbocycles. The maximum Gasteiger partial charge on any atom is 0.327 e. The molecule has 3 heterocycles.